The highest BCUT2D eigenvalue weighted by Crippen LogP contribution is 2.16. The molecule has 0 spiro atoms. The predicted octanol–water partition coefficient (Wildman–Crippen LogP) is 0.197. The molecule has 2 aromatic heterocycles. The van der Waals surface area contributed by atoms with Gasteiger partial charge in [0.05, 0.1) is 25.2 Å². The number of epoxide rings is 1. The number of fused-ring (bicyclic) bond motifs is 1. The number of hydrogen-bond donors (Lipinski definition) is 1. The van der Waals surface area contributed by atoms with E-state index < -0.39 is 0 Å². The van der Waals surface area contributed by atoms with Gasteiger partial charge in [0.25, 0.3) is 0 Å². The van der Waals surface area contributed by atoms with Crippen LogP contribution >= 0.6 is 0 Å². The van der Waals surface area contributed by atoms with Gasteiger partial charge in [-0.1, -0.05) is 0 Å². The highest BCUT2D eigenvalue weighted by molar-refractivity contribution is 5.70. The van der Waals surface area contributed by atoms with Crippen molar-refractivity contribution in [3.05, 3.63) is 12.5 Å². The molecule has 1 saturated heterocycles. The Labute approximate surface area is 86.1 Å². The van der Waals surface area contributed by atoms with Gasteiger partial charge < -0.3 is 15.0 Å². The smallest absolute Gasteiger partial charge is 0.222 e. The fourth-order valence-corrected chi connectivity index (χ4v) is 1.55. The topological polar surface area (TPSA) is 82.1 Å². The fourth-order valence-electron chi connectivity index (χ4n) is 1.55. The van der Waals surface area contributed by atoms with Gasteiger partial charge in [-0.15, -0.1) is 0 Å². The lowest BCUT2D eigenvalue weighted by Crippen LogP contribution is -2.02. The van der Waals surface area contributed by atoms with Gasteiger partial charge in [0.15, 0.2) is 5.65 Å². The Kier molecular flexibility index (Phi) is 1.81. The summed E-state index contributed by atoms with van der Waals surface area (Å²) in [5.41, 5.74) is 7.11. The van der Waals surface area contributed by atoms with Gasteiger partial charge in [0.2, 0.25) is 5.95 Å². The molecule has 0 bridgehead atoms. The molecule has 2 aromatic rings. The van der Waals surface area contributed by atoms with Crippen molar-refractivity contribution in [2.75, 3.05) is 12.3 Å². The second kappa shape index (κ2) is 3.16. The zero-order valence-electron chi connectivity index (χ0n) is 8.13. The molecular weight excluding hydrogens is 194 g/mol. The van der Waals surface area contributed by atoms with Crippen LogP contribution in [0.3, 0.4) is 0 Å². The normalized spacial score (nSPS) is 19.6. The zero-order chi connectivity index (χ0) is 10.3. The SMILES string of the molecule is Nc1ncc2ncn(CC[C@H]3CO3)c2n1. The largest absolute Gasteiger partial charge is 0.373 e. The van der Waals surface area contributed by atoms with Crippen LogP contribution in [0.2, 0.25) is 0 Å². The van der Waals surface area contributed by atoms with E-state index in [-0.39, 0.29) is 5.95 Å². The molecule has 0 radical (unpaired) electrons. The van der Waals surface area contributed by atoms with E-state index in [1.165, 1.54) is 0 Å². The van der Waals surface area contributed by atoms with E-state index >= 15 is 0 Å². The molecule has 1 aliphatic heterocycles. The van der Waals surface area contributed by atoms with Gasteiger partial charge in [-0.25, -0.2) is 9.97 Å². The van der Waals surface area contributed by atoms with Crippen LogP contribution in [0.4, 0.5) is 5.95 Å². The molecule has 2 N–H and O–H groups in total. The van der Waals surface area contributed by atoms with Crippen LogP contribution in [0.25, 0.3) is 11.2 Å². The number of nitrogen functional groups attached to an aromatic ring is 1. The average molecular weight is 205 g/mol. The lowest BCUT2D eigenvalue weighted by molar-refractivity contribution is 0.386. The number of ether oxygens (including phenoxy) is 1. The third kappa shape index (κ3) is 1.63. The first-order valence-electron chi connectivity index (χ1n) is 4.88. The maximum atomic E-state index is 5.53. The third-order valence-electron chi connectivity index (χ3n) is 2.47. The van der Waals surface area contributed by atoms with Crippen LogP contribution in [-0.4, -0.2) is 32.2 Å². The van der Waals surface area contributed by atoms with Crippen LogP contribution in [0, 0.1) is 0 Å². The summed E-state index contributed by atoms with van der Waals surface area (Å²) in [4.78, 5) is 12.3. The molecule has 3 heterocycles. The van der Waals surface area contributed by atoms with Crippen LogP contribution in [0.5, 0.6) is 0 Å². The van der Waals surface area contributed by atoms with Crippen LogP contribution in [0.15, 0.2) is 12.5 Å². The monoisotopic (exact) mass is 205 g/mol. The number of nitrogens with two attached hydrogens (primary N) is 1. The van der Waals surface area contributed by atoms with Crippen molar-refractivity contribution in [2.24, 2.45) is 0 Å². The molecule has 0 saturated carbocycles. The minimum atomic E-state index is 0.284. The van der Waals surface area contributed by atoms with E-state index in [0.717, 1.165) is 30.7 Å². The fraction of sp³-hybridized carbons (Fsp3) is 0.444. The number of nitrogens with zero attached hydrogens (tertiary/aromatic N) is 4. The molecule has 6 nitrogen and oxygen atoms in total. The summed E-state index contributed by atoms with van der Waals surface area (Å²) in [5.74, 6) is 0.284. The van der Waals surface area contributed by atoms with Crippen molar-refractivity contribution in [1.82, 2.24) is 19.5 Å². The summed E-state index contributed by atoms with van der Waals surface area (Å²) in [5, 5.41) is 0. The van der Waals surface area contributed by atoms with Crippen molar-refractivity contribution in [2.45, 2.75) is 19.1 Å². The quantitative estimate of drug-likeness (QED) is 0.723. The summed E-state index contributed by atoms with van der Waals surface area (Å²) in [7, 11) is 0. The Morgan fingerprint density at radius 2 is 2.40 bits per heavy atom. The minimum Gasteiger partial charge on any atom is -0.373 e. The molecule has 0 amide bonds. The van der Waals surface area contributed by atoms with Gasteiger partial charge in [0.1, 0.15) is 5.52 Å². The Morgan fingerprint density at radius 1 is 1.53 bits per heavy atom. The van der Waals surface area contributed by atoms with Crippen molar-refractivity contribution in [3.8, 4) is 0 Å². The van der Waals surface area contributed by atoms with E-state index in [2.05, 4.69) is 15.0 Å². The average Bonchev–Trinajstić information content (AvgIpc) is 2.97. The first-order chi connectivity index (χ1) is 7.33. The van der Waals surface area contributed by atoms with Crippen LogP contribution < -0.4 is 5.73 Å². The maximum absolute atomic E-state index is 5.53. The second-order valence-electron chi connectivity index (χ2n) is 3.62. The molecule has 3 rings (SSSR count). The molecule has 0 unspecified atom stereocenters. The van der Waals surface area contributed by atoms with Crippen LogP contribution in [0.1, 0.15) is 6.42 Å². The number of hydrogen-bond acceptors (Lipinski definition) is 5. The minimum absolute atomic E-state index is 0.284. The molecule has 6 heteroatoms. The van der Waals surface area contributed by atoms with Crippen molar-refractivity contribution in [3.63, 3.8) is 0 Å². The predicted molar refractivity (Wildman–Crippen MR) is 54.1 cm³/mol. The summed E-state index contributed by atoms with van der Waals surface area (Å²) >= 11 is 0. The highest BCUT2D eigenvalue weighted by Gasteiger charge is 2.22. The van der Waals surface area contributed by atoms with Crippen molar-refractivity contribution < 1.29 is 4.74 Å². The number of aromatic nitrogens is 4. The van der Waals surface area contributed by atoms with E-state index in [1.807, 2.05) is 4.57 Å². The Morgan fingerprint density at radius 3 is 3.20 bits per heavy atom. The molecule has 0 aromatic carbocycles. The molecule has 1 aliphatic rings. The molecule has 1 fully saturated rings. The van der Waals surface area contributed by atoms with Gasteiger partial charge >= 0.3 is 0 Å². The van der Waals surface area contributed by atoms with Crippen LogP contribution in [-0.2, 0) is 11.3 Å². The van der Waals surface area contributed by atoms with Crippen molar-refractivity contribution in [1.29, 1.82) is 0 Å². The second-order valence-corrected chi connectivity index (χ2v) is 3.62. The molecule has 1 atom stereocenters. The van der Waals surface area contributed by atoms with Gasteiger partial charge in [0, 0.05) is 6.54 Å². The Hall–Kier alpha value is -1.69. The Balaban J connectivity index is 1.91. The highest BCUT2D eigenvalue weighted by atomic mass is 16.6. The molecule has 15 heavy (non-hydrogen) atoms. The summed E-state index contributed by atoms with van der Waals surface area (Å²) in [6.07, 6.45) is 4.82. The number of anilines is 1. The number of rotatable bonds is 3. The first-order valence-corrected chi connectivity index (χ1v) is 4.88. The summed E-state index contributed by atoms with van der Waals surface area (Å²) in [6.45, 7) is 1.74. The molecular formula is C9H11N5O. The third-order valence-corrected chi connectivity index (χ3v) is 2.47. The summed E-state index contributed by atoms with van der Waals surface area (Å²) in [6, 6.07) is 0. The lowest BCUT2D eigenvalue weighted by atomic mass is 10.3. The maximum Gasteiger partial charge on any atom is 0.222 e. The van der Waals surface area contributed by atoms with Gasteiger partial charge in [-0.2, -0.15) is 4.98 Å². The molecule has 78 valence electrons. The zero-order valence-corrected chi connectivity index (χ0v) is 8.13. The number of aryl methyl sites for hydroxylation is 1. The lowest BCUT2D eigenvalue weighted by Gasteiger charge is -2.01. The van der Waals surface area contributed by atoms with E-state index in [1.54, 1.807) is 12.5 Å². The standard InChI is InChI=1S/C9H11N5O/c10-9-11-3-7-8(13-9)14(5-12-7)2-1-6-4-15-6/h3,5-6H,1-2,4H2,(H2,10,11,13)/t6-/m0/s1. The summed E-state index contributed by atoms with van der Waals surface area (Å²) < 4.78 is 7.13. The van der Waals surface area contributed by atoms with Gasteiger partial charge in [-0.3, -0.25) is 0 Å². The van der Waals surface area contributed by atoms with Gasteiger partial charge in [-0.05, 0) is 6.42 Å². The van der Waals surface area contributed by atoms with E-state index in [4.69, 9.17) is 10.5 Å². The first kappa shape index (κ1) is 8.60. The van der Waals surface area contributed by atoms with Crippen molar-refractivity contribution >= 4 is 17.1 Å². The van der Waals surface area contributed by atoms with E-state index in [0.29, 0.717) is 6.10 Å². The molecule has 0 aliphatic carbocycles. The number of imidazole rings is 1. The Bertz CT molecular complexity index is 490. The van der Waals surface area contributed by atoms with E-state index in [9.17, 15) is 0 Å².